The minimum atomic E-state index is 0.580. The van der Waals surface area contributed by atoms with Crippen molar-refractivity contribution in [1.82, 2.24) is 10.2 Å². The van der Waals surface area contributed by atoms with Crippen LogP contribution in [0.5, 0.6) is 0 Å². The minimum Gasteiger partial charge on any atom is -0.319 e. The summed E-state index contributed by atoms with van der Waals surface area (Å²) in [4.78, 5) is 2.51. The summed E-state index contributed by atoms with van der Waals surface area (Å²) in [6.07, 6.45) is 2.66. The van der Waals surface area contributed by atoms with Gasteiger partial charge in [-0.25, -0.2) is 0 Å². The summed E-state index contributed by atoms with van der Waals surface area (Å²) < 4.78 is 0. The van der Waals surface area contributed by atoms with Crippen molar-refractivity contribution in [3.63, 3.8) is 0 Å². The number of aryl methyl sites for hydroxylation is 1. The van der Waals surface area contributed by atoms with Crippen LogP contribution in [-0.2, 0) is 0 Å². The van der Waals surface area contributed by atoms with Crippen molar-refractivity contribution >= 4 is 0 Å². The van der Waals surface area contributed by atoms with E-state index in [9.17, 15) is 0 Å². The second-order valence-corrected chi connectivity index (χ2v) is 5.30. The molecule has 1 aliphatic heterocycles. The molecule has 1 heterocycles. The Balaban J connectivity index is 2.21. The van der Waals surface area contributed by atoms with Crippen LogP contribution < -0.4 is 5.32 Å². The van der Waals surface area contributed by atoms with Gasteiger partial charge in [0.25, 0.3) is 0 Å². The molecule has 94 valence electrons. The highest BCUT2D eigenvalue weighted by molar-refractivity contribution is 5.25. The van der Waals surface area contributed by atoms with E-state index >= 15 is 0 Å². The molecule has 0 aliphatic carbocycles. The molecule has 1 fully saturated rings. The lowest BCUT2D eigenvalue weighted by Crippen LogP contribution is -2.39. The van der Waals surface area contributed by atoms with Gasteiger partial charge in [0.15, 0.2) is 0 Å². The number of hydrogen-bond donors (Lipinski definition) is 1. The first kappa shape index (κ1) is 12.6. The van der Waals surface area contributed by atoms with Gasteiger partial charge in [-0.1, -0.05) is 29.8 Å². The third-order valence-corrected chi connectivity index (χ3v) is 3.89. The maximum atomic E-state index is 3.34. The molecule has 1 aromatic carbocycles. The van der Waals surface area contributed by atoms with Crippen LogP contribution in [0.25, 0.3) is 0 Å². The Morgan fingerprint density at radius 2 is 2.00 bits per heavy atom. The molecule has 2 heteroatoms. The van der Waals surface area contributed by atoms with E-state index in [0.717, 1.165) is 12.5 Å². The topological polar surface area (TPSA) is 15.3 Å². The van der Waals surface area contributed by atoms with Crippen molar-refractivity contribution in [2.45, 2.75) is 25.8 Å². The van der Waals surface area contributed by atoms with E-state index in [1.165, 1.54) is 30.5 Å². The average molecular weight is 232 g/mol. The van der Waals surface area contributed by atoms with Crippen molar-refractivity contribution in [2.75, 3.05) is 27.2 Å². The van der Waals surface area contributed by atoms with E-state index in [4.69, 9.17) is 0 Å². The third-order valence-electron chi connectivity index (χ3n) is 3.89. The van der Waals surface area contributed by atoms with E-state index in [2.05, 4.69) is 55.5 Å². The molecule has 1 saturated heterocycles. The lowest BCUT2D eigenvalue weighted by Gasteiger charge is -2.39. The highest BCUT2D eigenvalue weighted by Crippen LogP contribution is 2.34. The number of nitrogens with zero attached hydrogens (tertiary/aromatic N) is 1. The van der Waals surface area contributed by atoms with Crippen molar-refractivity contribution in [3.8, 4) is 0 Å². The second-order valence-electron chi connectivity index (χ2n) is 5.30. The summed E-state index contributed by atoms with van der Waals surface area (Å²) in [6.45, 7) is 4.49. The van der Waals surface area contributed by atoms with Crippen LogP contribution in [0.2, 0.25) is 0 Å². The van der Waals surface area contributed by atoms with E-state index in [1.807, 2.05) is 0 Å². The Labute approximate surface area is 105 Å². The molecule has 0 radical (unpaired) electrons. The van der Waals surface area contributed by atoms with E-state index in [-0.39, 0.29) is 0 Å². The minimum absolute atomic E-state index is 0.580. The van der Waals surface area contributed by atoms with E-state index in [0.29, 0.717) is 6.04 Å². The van der Waals surface area contributed by atoms with Gasteiger partial charge in [0.05, 0.1) is 0 Å². The SMILES string of the molecule is CNCC1CCCN(C)C1c1ccc(C)cc1. The Hall–Kier alpha value is -0.860. The van der Waals surface area contributed by atoms with Crippen molar-refractivity contribution in [3.05, 3.63) is 35.4 Å². The molecule has 2 rings (SSSR count). The summed E-state index contributed by atoms with van der Waals surface area (Å²) in [5.74, 6) is 0.737. The standard InChI is InChI=1S/C15H24N2/c1-12-6-8-13(9-7-12)15-14(11-16-2)5-4-10-17(15)3/h6-9,14-16H,4-5,10-11H2,1-3H3. The fourth-order valence-corrected chi connectivity index (χ4v) is 3.03. The normalized spacial score (nSPS) is 26.1. The molecule has 1 aromatic rings. The lowest BCUT2D eigenvalue weighted by atomic mass is 9.84. The lowest BCUT2D eigenvalue weighted by molar-refractivity contribution is 0.121. The Morgan fingerprint density at radius 3 is 2.65 bits per heavy atom. The Kier molecular flexibility index (Phi) is 4.19. The first-order chi connectivity index (χ1) is 8.22. The summed E-state index contributed by atoms with van der Waals surface area (Å²) >= 11 is 0. The molecule has 0 aromatic heterocycles. The molecule has 2 unspecified atom stereocenters. The highest BCUT2D eigenvalue weighted by Gasteiger charge is 2.29. The van der Waals surface area contributed by atoms with Gasteiger partial charge in [0.1, 0.15) is 0 Å². The van der Waals surface area contributed by atoms with E-state index in [1.54, 1.807) is 0 Å². The molecule has 1 aliphatic rings. The second kappa shape index (κ2) is 5.65. The fraction of sp³-hybridized carbons (Fsp3) is 0.600. The fourth-order valence-electron chi connectivity index (χ4n) is 3.03. The van der Waals surface area contributed by atoms with Crippen LogP contribution in [0.4, 0.5) is 0 Å². The van der Waals surface area contributed by atoms with Crippen molar-refractivity contribution < 1.29 is 0 Å². The van der Waals surface area contributed by atoms with Crippen molar-refractivity contribution in [1.29, 1.82) is 0 Å². The summed E-state index contributed by atoms with van der Waals surface area (Å²) in [5.41, 5.74) is 2.82. The molecular weight excluding hydrogens is 208 g/mol. The van der Waals surface area contributed by atoms with E-state index < -0.39 is 0 Å². The first-order valence-corrected chi connectivity index (χ1v) is 6.64. The van der Waals surface area contributed by atoms with Crippen LogP contribution >= 0.6 is 0 Å². The maximum absolute atomic E-state index is 3.34. The average Bonchev–Trinajstić information content (AvgIpc) is 2.32. The van der Waals surface area contributed by atoms with Gasteiger partial charge in [-0.15, -0.1) is 0 Å². The summed E-state index contributed by atoms with van der Waals surface area (Å²) in [6, 6.07) is 9.63. The van der Waals surface area contributed by atoms with Crippen LogP contribution in [0, 0.1) is 12.8 Å². The number of piperidine rings is 1. The maximum Gasteiger partial charge on any atom is 0.0385 e. The van der Waals surface area contributed by atoms with Gasteiger partial charge >= 0.3 is 0 Å². The molecule has 0 saturated carbocycles. The number of benzene rings is 1. The zero-order chi connectivity index (χ0) is 12.3. The van der Waals surface area contributed by atoms with Gasteiger partial charge in [-0.2, -0.15) is 0 Å². The largest absolute Gasteiger partial charge is 0.319 e. The molecular formula is C15H24N2. The molecule has 0 bridgehead atoms. The Morgan fingerprint density at radius 1 is 1.29 bits per heavy atom. The predicted molar refractivity (Wildman–Crippen MR) is 73.2 cm³/mol. The van der Waals surface area contributed by atoms with Crippen LogP contribution in [0.15, 0.2) is 24.3 Å². The molecule has 1 N–H and O–H groups in total. The van der Waals surface area contributed by atoms with Gasteiger partial charge in [-0.05, 0) is 58.4 Å². The Bertz CT molecular complexity index is 342. The molecule has 0 amide bonds. The van der Waals surface area contributed by atoms with Crippen LogP contribution in [0.1, 0.15) is 30.0 Å². The molecule has 0 spiro atoms. The third kappa shape index (κ3) is 2.88. The van der Waals surface area contributed by atoms with Crippen molar-refractivity contribution in [2.24, 2.45) is 5.92 Å². The van der Waals surface area contributed by atoms with Crippen LogP contribution in [-0.4, -0.2) is 32.1 Å². The van der Waals surface area contributed by atoms with Gasteiger partial charge in [-0.3, -0.25) is 4.90 Å². The smallest absolute Gasteiger partial charge is 0.0385 e. The van der Waals surface area contributed by atoms with Gasteiger partial charge in [0, 0.05) is 6.04 Å². The molecule has 2 nitrogen and oxygen atoms in total. The number of rotatable bonds is 3. The molecule has 17 heavy (non-hydrogen) atoms. The number of hydrogen-bond acceptors (Lipinski definition) is 2. The summed E-state index contributed by atoms with van der Waals surface area (Å²) in [7, 11) is 4.31. The highest BCUT2D eigenvalue weighted by atomic mass is 15.1. The van der Waals surface area contributed by atoms with Gasteiger partial charge < -0.3 is 5.32 Å². The zero-order valence-corrected chi connectivity index (χ0v) is 11.2. The number of likely N-dealkylation sites (tertiary alicyclic amines) is 1. The quantitative estimate of drug-likeness (QED) is 0.862. The zero-order valence-electron chi connectivity index (χ0n) is 11.2. The predicted octanol–water partition coefficient (Wildman–Crippen LogP) is 2.60. The summed E-state index contributed by atoms with van der Waals surface area (Å²) in [5, 5.41) is 3.34. The monoisotopic (exact) mass is 232 g/mol. The van der Waals surface area contributed by atoms with Gasteiger partial charge in [0.2, 0.25) is 0 Å². The first-order valence-electron chi connectivity index (χ1n) is 6.64. The van der Waals surface area contributed by atoms with Crippen LogP contribution in [0.3, 0.4) is 0 Å². The number of nitrogens with one attached hydrogen (secondary N) is 1. The molecule has 2 atom stereocenters.